The maximum atomic E-state index is 12.5. The lowest BCUT2D eigenvalue weighted by Crippen LogP contribution is -2.38. The number of hydrogen-bond acceptors (Lipinski definition) is 6. The molecular formula is C17H24N4O3. The Morgan fingerprint density at radius 1 is 1.12 bits per heavy atom. The Morgan fingerprint density at radius 2 is 1.83 bits per heavy atom. The molecule has 7 nitrogen and oxygen atoms in total. The molecule has 2 aromatic heterocycles. The van der Waals surface area contributed by atoms with Crippen molar-refractivity contribution in [1.82, 2.24) is 20.2 Å². The van der Waals surface area contributed by atoms with Gasteiger partial charge in [-0.1, -0.05) is 38.0 Å². The van der Waals surface area contributed by atoms with Gasteiger partial charge in [0.15, 0.2) is 11.5 Å². The Hall–Kier alpha value is -2.18. The zero-order valence-electron chi connectivity index (χ0n) is 14.7. The molecule has 0 aromatic carbocycles. The van der Waals surface area contributed by atoms with E-state index in [1.54, 1.807) is 6.07 Å². The van der Waals surface area contributed by atoms with Crippen molar-refractivity contribution in [2.75, 3.05) is 13.1 Å². The average molecular weight is 332 g/mol. The highest BCUT2D eigenvalue weighted by molar-refractivity contribution is 5.92. The fourth-order valence-corrected chi connectivity index (χ4v) is 2.80. The number of likely N-dealkylation sites (tertiary alicyclic amines) is 1. The highest BCUT2D eigenvalue weighted by atomic mass is 16.5. The summed E-state index contributed by atoms with van der Waals surface area (Å²) in [4.78, 5) is 18.8. The number of piperidine rings is 1. The maximum absolute atomic E-state index is 12.5. The normalized spacial score (nSPS) is 16.3. The van der Waals surface area contributed by atoms with E-state index in [9.17, 15) is 4.79 Å². The molecule has 1 amide bonds. The van der Waals surface area contributed by atoms with E-state index in [4.69, 9.17) is 9.05 Å². The van der Waals surface area contributed by atoms with E-state index >= 15 is 0 Å². The second-order valence-electron chi connectivity index (χ2n) is 6.98. The van der Waals surface area contributed by atoms with Crippen LogP contribution in [0, 0.1) is 0 Å². The van der Waals surface area contributed by atoms with Crippen LogP contribution in [0.15, 0.2) is 15.1 Å². The van der Waals surface area contributed by atoms with Crippen molar-refractivity contribution in [2.45, 2.75) is 58.3 Å². The fourth-order valence-electron chi connectivity index (χ4n) is 2.80. The van der Waals surface area contributed by atoms with Gasteiger partial charge in [0.05, 0.1) is 0 Å². The van der Waals surface area contributed by atoms with Crippen molar-refractivity contribution >= 4 is 5.91 Å². The van der Waals surface area contributed by atoms with E-state index in [0.717, 1.165) is 24.4 Å². The molecule has 1 saturated heterocycles. The zero-order valence-corrected chi connectivity index (χ0v) is 14.7. The molecule has 3 rings (SSSR count). The summed E-state index contributed by atoms with van der Waals surface area (Å²) in [6.07, 6.45) is 1.64. The van der Waals surface area contributed by atoms with Gasteiger partial charge in [-0.25, -0.2) is 0 Å². The molecular weight excluding hydrogens is 308 g/mol. The molecule has 0 saturated carbocycles. The van der Waals surface area contributed by atoms with Crippen LogP contribution in [0.4, 0.5) is 0 Å². The van der Waals surface area contributed by atoms with Gasteiger partial charge in [0, 0.05) is 36.9 Å². The lowest BCUT2D eigenvalue weighted by atomic mass is 9.96. The number of rotatable bonds is 4. The molecule has 2 aromatic rings. The standard InChI is InChI=1S/C17H24N4O3/c1-10(2)14-9-13(19-23-14)17(22)21-7-5-12(6-8-21)16-18-15(11(3)4)20-24-16/h9-12H,5-8H2,1-4H3. The van der Waals surface area contributed by atoms with Crippen LogP contribution in [0.3, 0.4) is 0 Å². The van der Waals surface area contributed by atoms with Crippen molar-refractivity contribution in [1.29, 1.82) is 0 Å². The first-order chi connectivity index (χ1) is 11.5. The van der Waals surface area contributed by atoms with Crippen molar-refractivity contribution in [3.63, 3.8) is 0 Å². The van der Waals surface area contributed by atoms with E-state index in [1.165, 1.54) is 0 Å². The second-order valence-corrected chi connectivity index (χ2v) is 6.98. The molecule has 1 aliphatic heterocycles. The molecule has 0 aliphatic carbocycles. The number of aromatic nitrogens is 3. The van der Waals surface area contributed by atoms with Gasteiger partial charge >= 0.3 is 0 Å². The molecule has 0 unspecified atom stereocenters. The van der Waals surface area contributed by atoms with Gasteiger partial charge in [0.25, 0.3) is 5.91 Å². The third kappa shape index (κ3) is 3.34. The summed E-state index contributed by atoms with van der Waals surface area (Å²) < 4.78 is 10.6. The Balaban J connectivity index is 1.60. The molecule has 0 bridgehead atoms. The highest BCUT2D eigenvalue weighted by Crippen LogP contribution is 2.28. The lowest BCUT2D eigenvalue weighted by Gasteiger charge is -2.29. The highest BCUT2D eigenvalue weighted by Gasteiger charge is 2.29. The predicted molar refractivity (Wildman–Crippen MR) is 86.9 cm³/mol. The Kier molecular flexibility index (Phi) is 4.69. The maximum Gasteiger partial charge on any atom is 0.276 e. The molecule has 130 valence electrons. The topological polar surface area (TPSA) is 85.3 Å². The van der Waals surface area contributed by atoms with Gasteiger partial charge in [-0.3, -0.25) is 4.79 Å². The molecule has 1 fully saturated rings. The van der Waals surface area contributed by atoms with Gasteiger partial charge in [0.2, 0.25) is 5.89 Å². The van der Waals surface area contributed by atoms with E-state index in [1.807, 2.05) is 32.6 Å². The molecule has 1 aliphatic rings. The average Bonchev–Trinajstić information content (AvgIpc) is 3.24. The van der Waals surface area contributed by atoms with E-state index in [-0.39, 0.29) is 23.7 Å². The molecule has 24 heavy (non-hydrogen) atoms. The molecule has 7 heteroatoms. The summed E-state index contributed by atoms with van der Waals surface area (Å²) in [5.41, 5.74) is 0.386. The summed E-state index contributed by atoms with van der Waals surface area (Å²) in [7, 11) is 0. The van der Waals surface area contributed by atoms with Crippen molar-refractivity contribution in [3.05, 3.63) is 29.2 Å². The van der Waals surface area contributed by atoms with Crippen LogP contribution in [0.2, 0.25) is 0 Å². The summed E-state index contributed by atoms with van der Waals surface area (Å²) >= 11 is 0. The van der Waals surface area contributed by atoms with Crippen LogP contribution < -0.4 is 0 Å². The number of hydrogen-bond donors (Lipinski definition) is 0. The summed E-state index contributed by atoms with van der Waals surface area (Å²) in [6.45, 7) is 9.42. The lowest BCUT2D eigenvalue weighted by molar-refractivity contribution is 0.0694. The summed E-state index contributed by atoms with van der Waals surface area (Å²) in [5, 5.41) is 7.93. The molecule has 0 spiro atoms. The summed E-state index contributed by atoms with van der Waals surface area (Å²) in [5.74, 6) is 2.79. The van der Waals surface area contributed by atoms with Crippen LogP contribution in [-0.2, 0) is 0 Å². The van der Waals surface area contributed by atoms with Crippen LogP contribution >= 0.6 is 0 Å². The number of amides is 1. The van der Waals surface area contributed by atoms with Crippen LogP contribution in [-0.4, -0.2) is 39.2 Å². The van der Waals surface area contributed by atoms with Gasteiger partial charge in [-0.15, -0.1) is 0 Å². The minimum absolute atomic E-state index is 0.0718. The third-order valence-electron chi connectivity index (χ3n) is 4.42. The van der Waals surface area contributed by atoms with Crippen LogP contribution in [0.25, 0.3) is 0 Å². The monoisotopic (exact) mass is 332 g/mol. The van der Waals surface area contributed by atoms with E-state index in [2.05, 4.69) is 15.3 Å². The van der Waals surface area contributed by atoms with Gasteiger partial charge in [-0.05, 0) is 12.8 Å². The van der Waals surface area contributed by atoms with Crippen molar-refractivity contribution in [3.8, 4) is 0 Å². The Bertz CT molecular complexity index is 696. The first-order valence-electron chi connectivity index (χ1n) is 8.55. The first-order valence-corrected chi connectivity index (χ1v) is 8.55. The zero-order chi connectivity index (χ0) is 17.3. The van der Waals surface area contributed by atoms with Gasteiger partial charge < -0.3 is 13.9 Å². The molecule has 3 heterocycles. The van der Waals surface area contributed by atoms with Crippen LogP contribution in [0.1, 0.15) is 86.3 Å². The van der Waals surface area contributed by atoms with Crippen molar-refractivity contribution in [2.24, 2.45) is 0 Å². The quantitative estimate of drug-likeness (QED) is 0.853. The molecule has 0 atom stereocenters. The fraction of sp³-hybridized carbons (Fsp3) is 0.647. The van der Waals surface area contributed by atoms with Crippen LogP contribution in [0.5, 0.6) is 0 Å². The van der Waals surface area contributed by atoms with Crippen molar-refractivity contribution < 1.29 is 13.8 Å². The van der Waals surface area contributed by atoms with E-state index in [0.29, 0.717) is 24.7 Å². The SMILES string of the molecule is CC(C)c1noc(C2CCN(C(=O)c3cc(C(C)C)on3)CC2)n1. The number of carbonyl (C=O) groups is 1. The van der Waals surface area contributed by atoms with Gasteiger partial charge in [-0.2, -0.15) is 4.98 Å². The number of carbonyl (C=O) groups excluding carboxylic acids is 1. The molecule has 0 N–H and O–H groups in total. The minimum atomic E-state index is -0.0718. The minimum Gasteiger partial charge on any atom is -0.360 e. The number of nitrogens with zero attached hydrogens (tertiary/aromatic N) is 4. The molecule has 0 radical (unpaired) electrons. The third-order valence-corrected chi connectivity index (χ3v) is 4.42. The smallest absolute Gasteiger partial charge is 0.276 e. The first kappa shape index (κ1) is 16.7. The summed E-state index contributed by atoms with van der Waals surface area (Å²) in [6, 6.07) is 1.74. The Morgan fingerprint density at radius 3 is 2.38 bits per heavy atom. The van der Waals surface area contributed by atoms with Gasteiger partial charge in [0.1, 0.15) is 5.76 Å². The predicted octanol–water partition coefficient (Wildman–Crippen LogP) is 3.32. The van der Waals surface area contributed by atoms with E-state index < -0.39 is 0 Å². The Labute approximate surface area is 141 Å². The second kappa shape index (κ2) is 6.75. The largest absolute Gasteiger partial charge is 0.360 e.